The fraction of sp³-hybridized carbons (Fsp3) is 0.103. The first kappa shape index (κ1) is 23.3. The molecule has 4 aromatic rings. The fourth-order valence-electron chi connectivity index (χ4n) is 3.66. The molecule has 0 aromatic heterocycles. The maximum Gasteiger partial charge on any atom is 0.275 e. The molecule has 0 amide bonds. The van der Waals surface area contributed by atoms with Crippen LogP contribution in [0.5, 0.6) is 0 Å². The molecule has 0 spiro atoms. The molecule has 1 unspecified atom stereocenters. The van der Waals surface area contributed by atoms with Crippen LogP contribution in [0.25, 0.3) is 0 Å². The van der Waals surface area contributed by atoms with Gasteiger partial charge in [-0.05, 0) is 48.7 Å². The number of nitrogens with zero attached hydrogens (tertiary/aromatic N) is 1. The van der Waals surface area contributed by atoms with Crippen LogP contribution in [-0.2, 0) is 14.8 Å². The van der Waals surface area contributed by atoms with Gasteiger partial charge in [-0.3, -0.25) is 0 Å². The summed E-state index contributed by atoms with van der Waals surface area (Å²) in [6.45, 7) is 1.92. The molecule has 0 radical (unpaired) electrons. The molecule has 0 aliphatic rings. The normalized spacial score (nSPS) is 11.8. The average molecular weight is 468 g/mol. The van der Waals surface area contributed by atoms with Crippen molar-refractivity contribution in [3.8, 4) is 12.0 Å². The van der Waals surface area contributed by atoms with Gasteiger partial charge in [0.05, 0.1) is 10.6 Å². The van der Waals surface area contributed by atoms with Crippen LogP contribution in [0, 0.1) is 18.9 Å². The Morgan fingerprint density at radius 3 is 2.00 bits per heavy atom. The Labute approximate surface area is 201 Å². The molecule has 1 atom stereocenters. The van der Waals surface area contributed by atoms with E-state index in [0.717, 1.165) is 21.0 Å². The van der Waals surface area contributed by atoms with E-state index in [1.54, 1.807) is 55.6 Å². The van der Waals surface area contributed by atoms with Crippen LogP contribution < -0.4 is 4.31 Å². The summed E-state index contributed by atoms with van der Waals surface area (Å²) < 4.78 is 34.1. The van der Waals surface area contributed by atoms with Gasteiger partial charge >= 0.3 is 0 Å². The van der Waals surface area contributed by atoms with E-state index in [-0.39, 0.29) is 11.0 Å². The van der Waals surface area contributed by atoms with Gasteiger partial charge in [-0.25, -0.2) is 8.42 Å². The van der Waals surface area contributed by atoms with Gasteiger partial charge in [-0.2, -0.15) is 4.31 Å². The van der Waals surface area contributed by atoms with Crippen molar-refractivity contribution in [3.63, 3.8) is 0 Å². The zero-order chi connectivity index (χ0) is 24.0. The number of para-hydroxylation sites is 1. The average Bonchev–Trinajstić information content (AvgIpc) is 2.87. The highest BCUT2D eigenvalue weighted by atomic mass is 32.2. The zero-order valence-electron chi connectivity index (χ0n) is 19.0. The number of sulfonamides is 1. The van der Waals surface area contributed by atoms with Gasteiger partial charge in [-0.15, -0.1) is 0 Å². The van der Waals surface area contributed by atoms with Crippen molar-refractivity contribution in [1.29, 1.82) is 0 Å². The standard InChI is InChI=1S/C29H25NO3S/c1-23-17-19-27(20-18-23)34(31,32)30(26-14-7-4-8-15-26)22-21-24-11-9-10-16-28(24)29(33-2)25-12-5-3-6-13-25/h3-20,29H,1-2H3. The molecule has 0 saturated heterocycles. The van der Waals surface area contributed by atoms with Crippen molar-refractivity contribution in [3.05, 3.63) is 131 Å². The van der Waals surface area contributed by atoms with Gasteiger partial charge in [0.15, 0.2) is 0 Å². The molecule has 5 heteroatoms. The number of hydrogen-bond acceptors (Lipinski definition) is 3. The number of rotatable bonds is 6. The molecule has 0 N–H and O–H groups in total. The minimum Gasteiger partial charge on any atom is -0.372 e. The lowest BCUT2D eigenvalue weighted by Gasteiger charge is -2.19. The first-order chi connectivity index (χ1) is 16.5. The van der Waals surface area contributed by atoms with Crippen LogP contribution in [0.2, 0.25) is 0 Å². The van der Waals surface area contributed by atoms with Crippen LogP contribution in [-0.4, -0.2) is 15.5 Å². The second-order valence-corrected chi connectivity index (χ2v) is 9.56. The second-order valence-electron chi connectivity index (χ2n) is 7.77. The van der Waals surface area contributed by atoms with Crippen molar-refractivity contribution in [2.75, 3.05) is 11.4 Å². The van der Waals surface area contributed by atoms with Crippen molar-refractivity contribution in [1.82, 2.24) is 0 Å². The molecule has 170 valence electrons. The molecule has 0 aliphatic carbocycles. The topological polar surface area (TPSA) is 46.6 Å². The summed E-state index contributed by atoms with van der Waals surface area (Å²) in [5.41, 5.74) is 4.00. The van der Waals surface area contributed by atoms with E-state index in [1.807, 2.05) is 67.6 Å². The van der Waals surface area contributed by atoms with E-state index in [9.17, 15) is 8.42 Å². The van der Waals surface area contributed by atoms with Crippen molar-refractivity contribution >= 4 is 15.7 Å². The van der Waals surface area contributed by atoms with Gasteiger partial charge in [0, 0.05) is 24.3 Å². The third-order valence-electron chi connectivity index (χ3n) is 5.42. The molecule has 0 bridgehead atoms. The third kappa shape index (κ3) is 5.04. The Morgan fingerprint density at radius 1 is 0.765 bits per heavy atom. The van der Waals surface area contributed by atoms with Crippen LogP contribution in [0.4, 0.5) is 5.69 Å². The van der Waals surface area contributed by atoms with E-state index in [2.05, 4.69) is 12.0 Å². The van der Waals surface area contributed by atoms with Crippen LogP contribution in [0.3, 0.4) is 0 Å². The van der Waals surface area contributed by atoms with E-state index >= 15 is 0 Å². The van der Waals surface area contributed by atoms with Crippen LogP contribution in [0.15, 0.2) is 114 Å². The Balaban J connectivity index is 1.81. The van der Waals surface area contributed by atoms with Gasteiger partial charge in [-0.1, -0.05) is 84.4 Å². The highest BCUT2D eigenvalue weighted by Gasteiger charge is 2.24. The van der Waals surface area contributed by atoms with Crippen molar-refractivity contribution in [2.24, 2.45) is 0 Å². The van der Waals surface area contributed by atoms with Crippen LogP contribution in [0.1, 0.15) is 28.4 Å². The Bertz CT molecular complexity index is 1410. The number of anilines is 1. The number of aryl methyl sites for hydroxylation is 1. The fourth-order valence-corrected chi connectivity index (χ4v) is 4.92. The lowest BCUT2D eigenvalue weighted by Crippen LogP contribution is -2.26. The molecule has 0 heterocycles. The smallest absolute Gasteiger partial charge is 0.275 e. The highest BCUT2D eigenvalue weighted by Crippen LogP contribution is 2.28. The Kier molecular flexibility index (Phi) is 7.12. The zero-order valence-corrected chi connectivity index (χ0v) is 19.9. The van der Waals surface area contributed by atoms with Gasteiger partial charge in [0.2, 0.25) is 0 Å². The van der Waals surface area contributed by atoms with Crippen LogP contribution >= 0.6 is 0 Å². The molecule has 4 nitrogen and oxygen atoms in total. The molecule has 34 heavy (non-hydrogen) atoms. The molecule has 4 aromatic carbocycles. The second kappa shape index (κ2) is 10.4. The van der Waals surface area contributed by atoms with E-state index < -0.39 is 10.0 Å². The van der Waals surface area contributed by atoms with Crippen molar-refractivity contribution in [2.45, 2.75) is 17.9 Å². The minimum atomic E-state index is -3.90. The predicted octanol–water partition coefficient (Wildman–Crippen LogP) is 5.94. The summed E-state index contributed by atoms with van der Waals surface area (Å²) >= 11 is 0. The van der Waals surface area contributed by atoms with E-state index in [0.29, 0.717) is 11.3 Å². The third-order valence-corrected chi connectivity index (χ3v) is 7.07. The first-order valence-electron chi connectivity index (χ1n) is 10.9. The van der Waals surface area contributed by atoms with Gasteiger partial charge in [0.1, 0.15) is 6.10 Å². The summed E-state index contributed by atoms with van der Waals surface area (Å²) in [6.07, 6.45) is -0.328. The van der Waals surface area contributed by atoms with E-state index in [4.69, 9.17) is 4.74 Å². The summed E-state index contributed by atoms with van der Waals surface area (Å²) in [6, 6.07) is 36.1. The molecule has 0 saturated carbocycles. The lowest BCUT2D eigenvalue weighted by molar-refractivity contribution is 0.136. The molecular formula is C29H25NO3S. The lowest BCUT2D eigenvalue weighted by atomic mass is 9.97. The Morgan fingerprint density at radius 2 is 1.35 bits per heavy atom. The maximum atomic E-state index is 13.6. The summed E-state index contributed by atoms with van der Waals surface area (Å²) in [5, 5.41) is 0. The maximum absolute atomic E-state index is 13.6. The predicted molar refractivity (Wildman–Crippen MR) is 136 cm³/mol. The molecular weight excluding hydrogens is 442 g/mol. The quantitative estimate of drug-likeness (QED) is 0.261. The SMILES string of the molecule is COC(c1ccccc1)c1ccccc1C#CN(c1ccccc1)S(=O)(=O)c1ccc(C)cc1. The van der Waals surface area contributed by atoms with Gasteiger partial charge in [0.25, 0.3) is 10.0 Å². The largest absolute Gasteiger partial charge is 0.372 e. The minimum absolute atomic E-state index is 0.184. The number of hydrogen-bond donors (Lipinski definition) is 0. The molecule has 0 fully saturated rings. The monoisotopic (exact) mass is 467 g/mol. The van der Waals surface area contributed by atoms with E-state index in [1.165, 1.54) is 0 Å². The number of ether oxygens (including phenoxy) is 1. The Hall–Kier alpha value is -3.85. The first-order valence-corrected chi connectivity index (χ1v) is 12.3. The molecule has 0 aliphatic heterocycles. The number of methoxy groups -OCH3 is 1. The summed E-state index contributed by atoms with van der Waals surface area (Å²) in [7, 11) is -2.25. The number of benzene rings is 4. The van der Waals surface area contributed by atoms with Gasteiger partial charge < -0.3 is 4.74 Å². The molecule has 4 rings (SSSR count). The summed E-state index contributed by atoms with van der Waals surface area (Å²) in [5.74, 6) is 3.10. The van der Waals surface area contributed by atoms with Crippen molar-refractivity contribution < 1.29 is 13.2 Å². The summed E-state index contributed by atoms with van der Waals surface area (Å²) in [4.78, 5) is 0.184. The highest BCUT2D eigenvalue weighted by molar-refractivity contribution is 7.93.